The number of carbonyl (C=O) groups is 1. The Hall–Kier alpha value is -2.37. The van der Waals surface area contributed by atoms with Crippen molar-refractivity contribution in [2.24, 2.45) is 5.73 Å². The summed E-state index contributed by atoms with van der Waals surface area (Å²) in [6, 6.07) is 15.8. The molecule has 5 nitrogen and oxygen atoms in total. The molecule has 1 aliphatic heterocycles. The number of aliphatic hydroxyl groups excluding tert-OH is 1. The molecule has 3 N–H and O–H groups in total. The molecule has 4 rings (SSSR count). The first-order chi connectivity index (χ1) is 13.6. The van der Waals surface area contributed by atoms with Crippen LogP contribution in [0.5, 0.6) is 5.75 Å². The molecule has 1 amide bonds. The van der Waals surface area contributed by atoms with Gasteiger partial charge in [0.05, 0.1) is 0 Å². The highest BCUT2D eigenvalue weighted by Crippen LogP contribution is 2.32. The summed E-state index contributed by atoms with van der Waals surface area (Å²) in [6.45, 7) is 2.05. The van der Waals surface area contributed by atoms with Gasteiger partial charge in [-0.1, -0.05) is 30.3 Å². The lowest BCUT2D eigenvalue weighted by Crippen LogP contribution is -2.38. The van der Waals surface area contributed by atoms with Crippen molar-refractivity contribution in [2.45, 2.75) is 44.2 Å². The smallest absolute Gasteiger partial charge is 0.253 e. The Labute approximate surface area is 166 Å². The average Bonchev–Trinajstić information content (AvgIpc) is 2.76. The molecular weight excluding hydrogens is 352 g/mol. The topological polar surface area (TPSA) is 75.8 Å². The van der Waals surface area contributed by atoms with Crippen LogP contribution in [0.15, 0.2) is 48.5 Å². The Bertz CT molecular complexity index is 830. The van der Waals surface area contributed by atoms with Gasteiger partial charge in [-0.2, -0.15) is 0 Å². The summed E-state index contributed by atoms with van der Waals surface area (Å²) in [7, 11) is 0. The van der Waals surface area contributed by atoms with Gasteiger partial charge in [-0.3, -0.25) is 4.79 Å². The molecule has 28 heavy (non-hydrogen) atoms. The van der Waals surface area contributed by atoms with E-state index in [1.807, 2.05) is 23.1 Å². The zero-order valence-corrected chi connectivity index (χ0v) is 16.0. The Balaban J connectivity index is 1.37. The van der Waals surface area contributed by atoms with Crippen LogP contribution in [0.2, 0.25) is 0 Å². The summed E-state index contributed by atoms with van der Waals surface area (Å²) in [6.07, 6.45) is 3.60. The van der Waals surface area contributed by atoms with Crippen molar-refractivity contribution >= 4 is 5.91 Å². The van der Waals surface area contributed by atoms with E-state index in [1.165, 1.54) is 5.56 Å². The highest BCUT2D eigenvalue weighted by molar-refractivity contribution is 5.94. The molecule has 2 fully saturated rings. The third-order valence-electron chi connectivity index (χ3n) is 5.83. The van der Waals surface area contributed by atoms with E-state index in [1.54, 1.807) is 6.07 Å². The molecule has 5 heteroatoms. The van der Waals surface area contributed by atoms with E-state index in [2.05, 4.69) is 24.3 Å². The van der Waals surface area contributed by atoms with Crippen molar-refractivity contribution in [3.05, 3.63) is 71.3 Å². The van der Waals surface area contributed by atoms with Crippen LogP contribution in [0.1, 0.15) is 53.1 Å². The number of aliphatic hydroxyl groups is 1. The molecule has 2 aromatic rings. The quantitative estimate of drug-likeness (QED) is 0.832. The number of piperidine rings is 1. The molecule has 1 saturated carbocycles. The van der Waals surface area contributed by atoms with E-state index in [0.29, 0.717) is 36.3 Å². The minimum atomic E-state index is -0.231. The van der Waals surface area contributed by atoms with Crippen LogP contribution in [0.3, 0.4) is 0 Å². The Kier molecular flexibility index (Phi) is 5.64. The van der Waals surface area contributed by atoms with E-state index in [9.17, 15) is 9.90 Å². The van der Waals surface area contributed by atoms with Gasteiger partial charge in [0.15, 0.2) is 0 Å². The van der Waals surface area contributed by atoms with Gasteiger partial charge in [0, 0.05) is 25.2 Å². The predicted molar refractivity (Wildman–Crippen MR) is 107 cm³/mol. The van der Waals surface area contributed by atoms with Crippen molar-refractivity contribution in [2.75, 3.05) is 13.1 Å². The van der Waals surface area contributed by atoms with Crippen LogP contribution in [0.25, 0.3) is 0 Å². The van der Waals surface area contributed by atoms with Crippen LogP contribution < -0.4 is 10.5 Å². The molecule has 1 aliphatic carbocycles. The standard InChI is InChI=1S/C23H27N2O3/c24-15-16-3-1-4-18(13-16)17-9-11-25(12-10-17)23(27)19-5-2-6-20(14-19)28-22-8-7-21(22)26/h1-6,13-14,17,22,26H,7-12,15,24H2. The number of nitrogens with two attached hydrogens (primary N) is 1. The second-order valence-corrected chi connectivity index (χ2v) is 7.68. The molecule has 147 valence electrons. The largest absolute Gasteiger partial charge is 0.487 e. The van der Waals surface area contributed by atoms with E-state index in [0.717, 1.165) is 37.9 Å². The molecule has 0 spiro atoms. The number of carbonyl (C=O) groups excluding carboxylic acids is 1. The lowest BCUT2D eigenvalue weighted by atomic mass is 9.88. The molecule has 1 saturated heterocycles. The fourth-order valence-corrected chi connectivity index (χ4v) is 3.96. The maximum atomic E-state index is 12.9. The van der Waals surface area contributed by atoms with Crippen molar-refractivity contribution in [1.29, 1.82) is 0 Å². The fraction of sp³-hybridized carbons (Fsp3) is 0.391. The molecular formula is C23H27N2O3. The Morgan fingerprint density at radius 3 is 2.57 bits per heavy atom. The Morgan fingerprint density at radius 2 is 1.89 bits per heavy atom. The summed E-state index contributed by atoms with van der Waals surface area (Å²) in [5, 5.41) is 9.61. The molecule has 0 aromatic heterocycles. The zero-order chi connectivity index (χ0) is 19.5. The number of amides is 1. The normalized spacial score (nSPS) is 20.6. The van der Waals surface area contributed by atoms with Crippen LogP contribution in [0, 0.1) is 6.10 Å². The van der Waals surface area contributed by atoms with Crippen molar-refractivity contribution in [1.82, 2.24) is 4.90 Å². The molecule has 1 radical (unpaired) electrons. The predicted octanol–water partition coefficient (Wildman–Crippen LogP) is 3.61. The number of rotatable bonds is 5. The number of benzene rings is 2. The van der Waals surface area contributed by atoms with Crippen LogP contribution in [-0.2, 0) is 6.54 Å². The highest BCUT2D eigenvalue weighted by Gasteiger charge is 2.32. The third kappa shape index (κ3) is 4.05. The van der Waals surface area contributed by atoms with Gasteiger partial charge in [-0.15, -0.1) is 0 Å². The first kappa shape index (κ1) is 19.0. The van der Waals surface area contributed by atoms with Gasteiger partial charge in [-0.05, 0) is 60.9 Å². The SMILES string of the molecule is NCc1cccc(C2CCN(C(=O)c3cccc(OC4CC[C]4O)c3)CC2)c1. The van der Waals surface area contributed by atoms with Gasteiger partial charge in [0.2, 0.25) is 0 Å². The fourth-order valence-electron chi connectivity index (χ4n) is 3.96. The molecule has 1 atom stereocenters. The maximum absolute atomic E-state index is 12.9. The van der Waals surface area contributed by atoms with E-state index >= 15 is 0 Å². The van der Waals surface area contributed by atoms with Gasteiger partial charge >= 0.3 is 0 Å². The molecule has 0 bridgehead atoms. The van der Waals surface area contributed by atoms with E-state index in [4.69, 9.17) is 10.5 Å². The summed E-state index contributed by atoms with van der Waals surface area (Å²) in [5.74, 6) is 1.15. The lowest BCUT2D eigenvalue weighted by Gasteiger charge is -2.33. The minimum Gasteiger partial charge on any atom is -0.487 e. The van der Waals surface area contributed by atoms with Gasteiger partial charge in [-0.25, -0.2) is 0 Å². The van der Waals surface area contributed by atoms with Crippen LogP contribution >= 0.6 is 0 Å². The molecule has 2 aliphatic rings. The average molecular weight is 379 g/mol. The summed E-state index contributed by atoms with van der Waals surface area (Å²) >= 11 is 0. The first-order valence-corrected chi connectivity index (χ1v) is 10.0. The molecule has 1 heterocycles. The first-order valence-electron chi connectivity index (χ1n) is 10.0. The number of nitrogens with zero attached hydrogens (tertiary/aromatic N) is 1. The molecule has 1 unspecified atom stereocenters. The summed E-state index contributed by atoms with van der Waals surface area (Å²) in [4.78, 5) is 14.9. The minimum absolute atomic E-state index is 0.0430. The van der Waals surface area contributed by atoms with Gasteiger partial charge < -0.3 is 20.5 Å². The van der Waals surface area contributed by atoms with Crippen molar-refractivity contribution in [3.8, 4) is 5.75 Å². The molecule has 2 aromatic carbocycles. The van der Waals surface area contributed by atoms with E-state index < -0.39 is 0 Å². The Morgan fingerprint density at radius 1 is 1.11 bits per heavy atom. The maximum Gasteiger partial charge on any atom is 0.253 e. The van der Waals surface area contributed by atoms with Crippen LogP contribution in [-0.4, -0.2) is 35.1 Å². The summed E-state index contributed by atoms with van der Waals surface area (Å²) < 4.78 is 5.77. The monoisotopic (exact) mass is 379 g/mol. The zero-order valence-electron chi connectivity index (χ0n) is 16.0. The van der Waals surface area contributed by atoms with E-state index in [-0.39, 0.29) is 12.0 Å². The second kappa shape index (κ2) is 8.33. The van der Waals surface area contributed by atoms with Crippen LogP contribution in [0.4, 0.5) is 0 Å². The van der Waals surface area contributed by atoms with Gasteiger partial charge in [0.1, 0.15) is 18.0 Å². The third-order valence-corrected chi connectivity index (χ3v) is 5.83. The number of ether oxygens (including phenoxy) is 1. The number of hydrogen-bond donors (Lipinski definition) is 2. The number of likely N-dealkylation sites (tertiary alicyclic amines) is 1. The van der Waals surface area contributed by atoms with Crippen molar-refractivity contribution < 1.29 is 14.6 Å². The number of hydrogen-bond acceptors (Lipinski definition) is 4. The lowest BCUT2D eigenvalue weighted by molar-refractivity contribution is 0.0462. The summed E-state index contributed by atoms with van der Waals surface area (Å²) in [5.41, 5.74) is 8.87. The van der Waals surface area contributed by atoms with Gasteiger partial charge in [0.25, 0.3) is 5.91 Å². The van der Waals surface area contributed by atoms with Crippen molar-refractivity contribution in [3.63, 3.8) is 0 Å². The second-order valence-electron chi connectivity index (χ2n) is 7.68. The highest BCUT2D eigenvalue weighted by atomic mass is 16.5.